The maximum Gasteiger partial charge on any atom is 0.244 e. The van der Waals surface area contributed by atoms with E-state index in [1.54, 1.807) is 36.4 Å². The smallest absolute Gasteiger partial charge is 0.244 e. The normalized spacial score (nSPS) is 14.5. The highest BCUT2D eigenvalue weighted by Gasteiger charge is 2.34. The van der Waals surface area contributed by atoms with E-state index >= 15 is 0 Å². The first-order valence-electron chi connectivity index (χ1n) is 13.5. The third kappa shape index (κ3) is 8.08. The molecule has 3 aromatic rings. The second-order valence-corrected chi connectivity index (χ2v) is 12.8. The number of nitrogens with one attached hydrogen (secondary N) is 1. The standard InChI is InChI=1S/C31H36ClN3O4S/c1-23-10-8-17-28(18-23)35(40(2,38)39)22-30(36)34(21-25-13-9-14-26(32)19-25)29(20-24-11-4-3-5-12-24)31(37)33-27-15-6-7-16-27/h3-5,8-14,17-19,27,29H,6-7,15-16,20-22H2,1-2H3,(H,33,37)/t29-/m0/s1. The zero-order valence-electron chi connectivity index (χ0n) is 22.9. The van der Waals surface area contributed by atoms with Gasteiger partial charge in [-0.2, -0.15) is 0 Å². The summed E-state index contributed by atoms with van der Waals surface area (Å²) in [6, 6.07) is 22.9. The molecule has 2 amide bonds. The molecular weight excluding hydrogens is 546 g/mol. The van der Waals surface area contributed by atoms with Crippen molar-refractivity contribution in [2.24, 2.45) is 0 Å². The average Bonchev–Trinajstić information content (AvgIpc) is 3.42. The number of amides is 2. The van der Waals surface area contributed by atoms with E-state index in [1.165, 1.54) is 4.90 Å². The number of anilines is 1. The van der Waals surface area contributed by atoms with Crippen LogP contribution in [0.25, 0.3) is 0 Å². The number of hydrogen-bond donors (Lipinski definition) is 1. The molecule has 1 N–H and O–H groups in total. The van der Waals surface area contributed by atoms with Crippen LogP contribution in [0, 0.1) is 6.92 Å². The predicted octanol–water partition coefficient (Wildman–Crippen LogP) is 5.11. The highest BCUT2D eigenvalue weighted by molar-refractivity contribution is 7.92. The van der Waals surface area contributed by atoms with Crippen molar-refractivity contribution in [2.75, 3.05) is 17.1 Å². The van der Waals surface area contributed by atoms with Crippen LogP contribution in [-0.2, 0) is 32.6 Å². The molecule has 0 aliphatic heterocycles. The van der Waals surface area contributed by atoms with Gasteiger partial charge in [0.1, 0.15) is 12.6 Å². The second-order valence-electron chi connectivity index (χ2n) is 10.5. The zero-order chi connectivity index (χ0) is 28.7. The largest absolute Gasteiger partial charge is 0.352 e. The summed E-state index contributed by atoms with van der Waals surface area (Å²) >= 11 is 6.26. The molecule has 1 fully saturated rings. The topological polar surface area (TPSA) is 86.8 Å². The average molecular weight is 582 g/mol. The van der Waals surface area contributed by atoms with E-state index in [4.69, 9.17) is 11.6 Å². The number of halogens is 1. The number of rotatable bonds is 11. The Morgan fingerprint density at radius 1 is 0.950 bits per heavy atom. The van der Waals surface area contributed by atoms with Crippen LogP contribution in [0.15, 0.2) is 78.9 Å². The molecule has 0 saturated heterocycles. The van der Waals surface area contributed by atoms with Gasteiger partial charge in [0, 0.05) is 24.0 Å². The lowest BCUT2D eigenvalue weighted by Gasteiger charge is -2.34. The Kier molecular flexibility index (Phi) is 9.87. The van der Waals surface area contributed by atoms with Crippen molar-refractivity contribution in [1.29, 1.82) is 0 Å². The first-order chi connectivity index (χ1) is 19.1. The van der Waals surface area contributed by atoms with E-state index in [0.717, 1.165) is 52.9 Å². The first-order valence-corrected chi connectivity index (χ1v) is 15.8. The van der Waals surface area contributed by atoms with E-state index in [9.17, 15) is 18.0 Å². The van der Waals surface area contributed by atoms with Crippen LogP contribution < -0.4 is 9.62 Å². The Hall–Kier alpha value is -3.36. The van der Waals surface area contributed by atoms with Crippen molar-refractivity contribution in [1.82, 2.24) is 10.2 Å². The van der Waals surface area contributed by atoms with E-state index in [1.807, 2.05) is 49.4 Å². The van der Waals surface area contributed by atoms with Gasteiger partial charge in [-0.25, -0.2) is 8.42 Å². The van der Waals surface area contributed by atoms with Gasteiger partial charge in [-0.05, 0) is 60.7 Å². The van der Waals surface area contributed by atoms with Crippen LogP contribution in [0.4, 0.5) is 5.69 Å². The third-order valence-corrected chi connectivity index (χ3v) is 8.56. The molecule has 0 aromatic heterocycles. The molecule has 0 radical (unpaired) electrons. The predicted molar refractivity (Wildman–Crippen MR) is 160 cm³/mol. The number of aryl methyl sites for hydroxylation is 1. The molecule has 212 valence electrons. The lowest BCUT2D eigenvalue weighted by Crippen LogP contribution is -2.54. The molecule has 1 saturated carbocycles. The SMILES string of the molecule is Cc1cccc(N(CC(=O)N(Cc2cccc(Cl)c2)[C@@H](Cc2ccccc2)C(=O)NC2CCCC2)S(C)(=O)=O)c1. The quantitative estimate of drug-likeness (QED) is 0.341. The highest BCUT2D eigenvalue weighted by Crippen LogP contribution is 2.23. The fourth-order valence-electron chi connectivity index (χ4n) is 5.15. The summed E-state index contributed by atoms with van der Waals surface area (Å²) in [6.45, 7) is 1.52. The molecule has 1 aliphatic rings. The van der Waals surface area contributed by atoms with Gasteiger partial charge < -0.3 is 10.2 Å². The third-order valence-electron chi connectivity index (χ3n) is 7.18. The minimum Gasteiger partial charge on any atom is -0.352 e. The van der Waals surface area contributed by atoms with Crippen molar-refractivity contribution in [3.05, 3.63) is 101 Å². The van der Waals surface area contributed by atoms with Gasteiger partial charge >= 0.3 is 0 Å². The van der Waals surface area contributed by atoms with E-state index < -0.39 is 28.5 Å². The summed E-state index contributed by atoms with van der Waals surface area (Å²) in [5.41, 5.74) is 2.91. The fraction of sp³-hybridized carbons (Fsp3) is 0.355. The maximum atomic E-state index is 14.1. The number of nitrogens with zero attached hydrogens (tertiary/aromatic N) is 2. The molecule has 7 nitrogen and oxygen atoms in total. The van der Waals surface area contributed by atoms with Crippen LogP contribution in [0.1, 0.15) is 42.4 Å². The van der Waals surface area contributed by atoms with Crippen LogP contribution in [0.3, 0.4) is 0 Å². The number of hydrogen-bond acceptors (Lipinski definition) is 4. The maximum absolute atomic E-state index is 14.1. The van der Waals surface area contributed by atoms with Crippen LogP contribution in [0.5, 0.6) is 0 Å². The van der Waals surface area contributed by atoms with Crippen molar-refractivity contribution >= 4 is 39.1 Å². The van der Waals surface area contributed by atoms with Crippen molar-refractivity contribution in [3.63, 3.8) is 0 Å². The summed E-state index contributed by atoms with van der Waals surface area (Å²) in [7, 11) is -3.80. The summed E-state index contributed by atoms with van der Waals surface area (Å²) in [4.78, 5) is 29.5. The Morgan fingerprint density at radius 2 is 1.62 bits per heavy atom. The monoisotopic (exact) mass is 581 g/mol. The molecule has 0 spiro atoms. The number of carbonyl (C=O) groups is 2. The lowest BCUT2D eigenvalue weighted by molar-refractivity contribution is -0.140. The zero-order valence-corrected chi connectivity index (χ0v) is 24.5. The van der Waals surface area contributed by atoms with Gasteiger partial charge in [0.05, 0.1) is 11.9 Å². The van der Waals surface area contributed by atoms with Crippen LogP contribution >= 0.6 is 11.6 Å². The van der Waals surface area contributed by atoms with E-state index in [-0.39, 0.29) is 24.9 Å². The van der Waals surface area contributed by atoms with E-state index in [0.29, 0.717) is 10.7 Å². The summed E-state index contributed by atoms with van der Waals surface area (Å²) < 4.78 is 26.9. The van der Waals surface area contributed by atoms with Gasteiger partial charge in [-0.3, -0.25) is 13.9 Å². The summed E-state index contributed by atoms with van der Waals surface area (Å²) in [5, 5.41) is 3.68. The molecule has 4 rings (SSSR count). The first kappa shape index (κ1) is 29.6. The molecular formula is C31H36ClN3O4S. The fourth-order valence-corrected chi connectivity index (χ4v) is 6.20. The molecule has 3 aromatic carbocycles. The van der Waals surface area contributed by atoms with Gasteiger partial charge in [0.2, 0.25) is 21.8 Å². The lowest BCUT2D eigenvalue weighted by atomic mass is 10.0. The van der Waals surface area contributed by atoms with Gasteiger partial charge in [-0.1, -0.05) is 79.0 Å². The van der Waals surface area contributed by atoms with Crippen molar-refractivity contribution in [3.8, 4) is 0 Å². The Morgan fingerprint density at radius 3 is 2.27 bits per heavy atom. The number of sulfonamides is 1. The molecule has 0 bridgehead atoms. The highest BCUT2D eigenvalue weighted by atomic mass is 35.5. The Labute approximate surface area is 242 Å². The Bertz CT molecular complexity index is 1430. The number of carbonyl (C=O) groups excluding carboxylic acids is 2. The van der Waals surface area contributed by atoms with Crippen LogP contribution in [0.2, 0.25) is 5.02 Å². The van der Waals surface area contributed by atoms with Crippen molar-refractivity contribution < 1.29 is 18.0 Å². The van der Waals surface area contributed by atoms with Crippen molar-refractivity contribution in [2.45, 2.75) is 57.7 Å². The van der Waals surface area contributed by atoms with Gasteiger partial charge in [0.25, 0.3) is 0 Å². The minimum absolute atomic E-state index is 0.0636. The minimum atomic E-state index is -3.80. The molecule has 1 aliphatic carbocycles. The Balaban J connectivity index is 1.72. The molecule has 0 heterocycles. The summed E-state index contributed by atoms with van der Waals surface area (Å²) in [6.07, 6.45) is 5.29. The van der Waals surface area contributed by atoms with Gasteiger partial charge in [0.15, 0.2) is 0 Å². The molecule has 40 heavy (non-hydrogen) atoms. The number of benzene rings is 3. The van der Waals surface area contributed by atoms with Gasteiger partial charge in [-0.15, -0.1) is 0 Å². The summed E-state index contributed by atoms with van der Waals surface area (Å²) in [5.74, 6) is -0.720. The molecule has 9 heteroatoms. The van der Waals surface area contributed by atoms with Crippen LogP contribution in [-0.4, -0.2) is 50.0 Å². The molecule has 0 unspecified atom stereocenters. The molecule has 1 atom stereocenters. The van der Waals surface area contributed by atoms with E-state index in [2.05, 4.69) is 5.32 Å². The second kappa shape index (κ2) is 13.3.